The first-order chi connectivity index (χ1) is 21.9. The van der Waals surface area contributed by atoms with Gasteiger partial charge in [0.05, 0.1) is 25.3 Å². The summed E-state index contributed by atoms with van der Waals surface area (Å²) >= 11 is 0. The van der Waals surface area contributed by atoms with E-state index in [1.165, 1.54) is 57.1 Å². The number of carbonyl (C=O) groups excluding carboxylic acids is 1. The van der Waals surface area contributed by atoms with Gasteiger partial charge in [0.25, 0.3) is 5.56 Å². The van der Waals surface area contributed by atoms with Crippen molar-refractivity contribution in [3.8, 4) is 0 Å². The van der Waals surface area contributed by atoms with E-state index in [2.05, 4.69) is 12.1 Å². The molecule has 1 saturated heterocycles. The van der Waals surface area contributed by atoms with Crippen molar-refractivity contribution >= 4 is 16.9 Å². The predicted octanol–water partition coefficient (Wildman–Crippen LogP) is 7.53. The lowest BCUT2D eigenvalue weighted by Crippen LogP contribution is -2.55. The first-order valence-electron chi connectivity index (χ1n) is 17.5. The summed E-state index contributed by atoms with van der Waals surface area (Å²) in [6, 6.07) is 4.59. The Hall–Kier alpha value is -3.07. The van der Waals surface area contributed by atoms with Gasteiger partial charge in [-0.2, -0.15) is 0 Å². The number of nitrogens with zero attached hydrogens (tertiary/aromatic N) is 4. The second-order valence-corrected chi connectivity index (χ2v) is 13.5. The summed E-state index contributed by atoms with van der Waals surface area (Å²) in [4.78, 5) is 31.1. The first kappa shape index (κ1) is 33.3. The van der Waals surface area contributed by atoms with Gasteiger partial charge < -0.3 is 9.26 Å². The molecule has 0 amide bonds. The number of likely N-dealkylation sites (tertiary alicyclic amines) is 1. The van der Waals surface area contributed by atoms with Crippen LogP contribution in [0.5, 0.6) is 0 Å². The molecule has 0 atom stereocenters. The normalized spacial score (nSPS) is 19.9. The molecule has 1 fully saturated rings. The van der Waals surface area contributed by atoms with Gasteiger partial charge in [-0.15, -0.1) is 0 Å². The Kier molecular flexibility index (Phi) is 11.8. The quantitative estimate of drug-likeness (QED) is 0.0932. The number of benzene rings is 1. The van der Waals surface area contributed by atoms with Crippen molar-refractivity contribution < 1.29 is 22.9 Å². The molecule has 3 aromatic rings. The number of hydrogen-bond acceptors (Lipinski definition) is 6. The lowest BCUT2D eigenvalue weighted by atomic mass is 9.90. The maximum Gasteiger partial charge on any atom is 0.310 e. The second-order valence-electron chi connectivity index (χ2n) is 13.5. The van der Waals surface area contributed by atoms with E-state index in [0.29, 0.717) is 36.2 Å². The summed E-state index contributed by atoms with van der Waals surface area (Å²) in [6.45, 7) is 7.54. The van der Waals surface area contributed by atoms with Crippen LogP contribution in [0.25, 0.3) is 11.0 Å². The Morgan fingerprint density at radius 1 is 1.07 bits per heavy atom. The number of rotatable bonds is 16. The number of fused-ring (bicyclic) bond motifs is 2. The molecule has 2 aromatic heterocycles. The van der Waals surface area contributed by atoms with Gasteiger partial charge in [-0.3, -0.25) is 18.6 Å². The maximum absolute atomic E-state index is 13.7. The fourth-order valence-electron chi connectivity index (χ4n) is 7.26. The monoisotopic (exact) mass is 623 g/mol. The summed E-state index contributed by atoms with van der Waals surface area (Å²) in [5.74, 6) is 0.617. The van der Waals surface area contributed by atoms with Crippen LogP contribution in [0.1, 0.15) is 126 Å². The Morgan fingerprint density at radius 3 is 2.56 bits per heavy atom. The predicted molar refractivity (Wildman–Crippen MR) is 173 cm³/mol. The van der Waals surface area contributed by atoms with Gasteiger partial charge in [0.1, 0.15) is 11.6 Å². The average molecular weight is 624 g/mol. The summed E-state index contributed by atoms with van der Waals surface area (Å²) in [5, 5.41) is 5.19. The van der Waals surface area contributed by atoms with Crippen molar-refractivity contribution in [2.75, 3.05) is 26.4 Å². The highest BCUT2D eigenvalue weighted by atomic mass is 19.1. The summed E-state index contributed by atoms with van der Waals surface area (Å²) in [7, 11) is 0. The van der Waals surface area contributed by atoms with E-state index >= 15 is 0 Å². The smallest absolute Gasteiger partial charge is 0.310 e. The van der Waals surface area contributed by atoms with Gasteiger partial charge in [-0.25, -0.2) is 9.37 Å². The van der Waals surface area contributed by atoms with E-state index < -0.39 is 0 Å². The minimum atomic E-state index is -0.336. The number of hydrogen-bond donors (Lipinski definition) is 0. The number of halogens is 1. The fraction of sp³-hybridized carbons (Fsp3) is 0.667. The van der Waals surface area contributed by atoms with E-state index in [0.717, 1.165) is 92.7 Å². The lowest BCUT2D eigenvalue weighted by molar-refractivity contribution is -0.948. The average Bonchev–Trinajstić information content (AvgIpc) is 3.46. The van der Waals surface area contributed by atoms with Crippen LogP contribution in [0.2, 0.25) is 0 Å². The molecule has 246 valence electrons. The number of esters is 1. The summed E-state index contributed by atoms with van der Waals surface area (Å²) in [6.07, 6.45) is 16.6. The van der Waals surface area contributed by atoms with E-state index in [9.17, 15) is 14.0 Å². The number of piperidine rings is 1. The first-order valence-corrected chi connectivity index (χ1v) is 17.5. The molecule has 0 radical (unpaired) electrons. The number of ether oxygens (including phenoxy) is 1. The summed E-state index contributed by atoms with van der Waals surface area (Å²) in [5.41, 5.74) is 3.04. The molecular formula is C36H52FN4O4+. The van der Waals surface area contributed by atoms with Gasteiger partial charge >= 0.3 is 5.97 Å². The van der Waals surface area contributed by atoms with Crippen LogP contribution in [0.4, 0.5) is 4.39 Å². The molecule has 8 nitrogen and oxygen atoms in total. The molecule has 0 unspecified atom stereocenters. The largest absolute Gasteiger partial charge is 0.415 e. The van der Waals surface area contributed by atoms with E-state index in [1.807, 2.05) is 11.5 Å². The molecule has 2 aliphatic heterocycles. The molecule has 0 saturated carbocycles. The third-order valence-corrected chi connectivity index (χ3v) is 10.2. The molecular weight excluding hydrogens is 571 g/mol. The highest BCUT2D eigenvalue weighted by molar-refractivity contribution is 5.79. The highest BCUT2D eigenvalue weighted by Gasteiger charge is 2.37. The zero-order valence-corrected chi connectivity index (χ0v) is 27.5. The van der Waals surface area contributed by atoms with E-state index in [4.69, 9.17) is 14.2 Å². The Balaban J connectivity index is 1.20. The SMILES string of the molecule is CCCCCCCCCCCC(=O)OC[N+]1(CCc2c(C)nc3n(c2=O)CCCC3)CCC(c2noc3cc(F)ccc23)CC1. The second kappa shape index (κ2) is 16.0. The van der Waals surface area contributed by atoms with Crippen molar-refractivity contribution in [1.82, 2.24) is 14.7 Å². The van der Waals surface area contributed by atoms with Crippen molar-refractivity contribution in [1.29, 1.82) is 0 Å². The van der Waals surface area contributed by atoms with Crippen molar-refractivity contribution in [2.24, 2.45) is 0 Å². The van der Waals surface area contributed by atoms with E-state index in [-0.39, 0.29) is 23.3 Å². The minimum Gasteiger partial charge on any atom is -0.415 e. The lowest BCUT2D eigenvalue weighted by Gasteiger charge is -2.42. The van der Waals surface area contributed by atoms with Crippen molar-refractivity contribution in [2.45, 2.75) is 129 Å². The van der Waals surface area contributed by atoms with Crippen molar-refractivity contribution in [3.05, 3.63) is 57.1 Å². The molecule has 2 aliphatic rings. The van der Waals surface area contributed by atoms with Gasteiger partial charge in [0.15, 0.2) is 5.58 Å². The molecule has 0 N–H and O–H groups in total. The zero-order chi connectivity index (χ0) is 31.6. The topological polar surface area (TPSA) is 87.2 Å². The van der Waals surface area contributed by atoms with Crippen LogP contribution >= 0.6 is 0 Å². The molecule has 0 spiro atoms. The maximum atomic E-state index is 13.7. The zero-order valence-electron chi connectivity index (χ0n) is 27.5. The van der Waals surface area contributed by atoms with Gasteiger partial charge in [-0.05, 0) is 38.3 Å². The molecule has 0 bridgehead atoms. The standard InChI is InChI=1S/C36H52FN4O4/c1-3-4-5-6-7-8-9-10-11-15-34(42)44-26-41(24-20-30-27(2)38-33-14-12-13-21-40(33)36(30)43)22-18-28(19-23-41)35-31-17-16-29(37)25-32(31)45-39-35/h16-17,25,28H,3-15,18-24,26H2,1-2H3/q+1. The highest BCUT2D eigenvalue weighted by Crippen LogP contribution is 2.35. The molecule has 4 heterocycles. The van der Waals surface area contributed by atoms with Crippen LogP contribution in [-0.4, -0.2) is 51.5 Å². The van der Waals surface area contributed by atoms with Gasteiger partial charge in [0.2, 0.25) is 6.73 Å². The van der Waals surface area contributed by atoms with Crippen molar-refractivity contribution in [3.63, 3.8) is 0 Å². The molecule has 45 heavy (non-hydrogen) atoms. The van der Waals surface area contributed by atoms with Gasteiger partial charge in [-0.1, -0.05) is 63.4 Å². The van der Waals surface area contributed by atoms with Crippen LogP contribution in [0.3, 0.4) is 0 Å². The van der Waals surface area contributed by atoms with Crippen LogP contribution < -0.4 is 5.56 Å². The number of carbonyl (C=O) groups is 1. The fourth-order valence-corrected chi connectivity index (χ4v) is 7.26. The number of aryl methyl sites for hydroxylation is 2. The van der Waals surface area contributed by atoms with Crippen LogP contribution in [-0.2, 0) is 28.9 Å². The molecule has 5 rings (SSSR count). The molecule has 1 aromatic carbocycles. The molecule has 0 aliphatic carbocycles. The van der Waals surface area contributed by atoms with Crippen LogP contribution in [0, 0.1) is 12.7 Å². The molecule has 9 heteroatoms. The Bertz CT molecular complexity index is 1470. The third kappa shape index (κ3) is 8.60. The number of aromatic nitrogens is 3. The third-order valence-electron chi connectivity index (χ3n) is 10.2. The Morgan fingerprint density at radius 2 is 1.80 bits per heavy atom. The minimum absolute atomic E-state index is 0.0916. The number of quaternary nitrogens is 1. The number of unbranched alkanes of at least 4 members (excludes halogenated alkanes) is 8. The Labute approximate surface area is 266 Å². The van der Waals surface area contributed by atoms with Crippen LogP contribution in [0.15, 0.2) is 27.5 Å². The van der Waals surface area contributed by atoms with E-state index in [1.54, 1.807) is 6.07 Å². The van der Waals surface area contributed by atoms with Gasteiger partial charge in [0, 0.05) is 67.3 Å². The summed E-state index contributed by atoms with van der Waals surface area (Å²) < 4.78 is 27.7.